The van der Waals surface area contributed by atoms with Gasteiger partial charge in [-0.2, -0.15) is 15.1 Å². The molecule has 2 fully saturated rings. The summed E-state index contributed by atoms with van der Waals surface area (Å²) in [6.07, 6.45) is 2.41. The van der Waals surface area contributed by atoms with E-state index in [4.69, 9.17) is 9.47 Å². The SMILES string of the molecule is COc1nc(N2CCOCC2)cc(-n2ncc3cc(C)c([C@H]4CCN(C)C[C@@H]4O)cc32)n1. The Balaban J connectivity index is 1.57. The van der Waals surface area contributed by atoms with Crippen LogP contribution in [0.15, 0.2) is 24.4 Å². The van der Waals surface area contributed by atoms with Crippen molar-refractivity contribution in [1.82, 2.24) is 24.6 Å². The molecular formula is C23H30N6O3. The monoisotopic (exact) mass is 438 g/mol. The Hall–Kier alpha value is -2.75. The Labute approximate surface area is 187 Å². The summed E-state index contributed by atoms with van der Waals surface area (Å²) in [7, 11) is 3.63. The molecule has 2 saturated heterocycles. The largest absolute Gasteiger partial charge is 0.467 e. The van der Waals surface area contributed by atoms with Gasteiger partial charge >= 0.3 is 6.01 Å². The molecule has 2 aliphatic rings. The minimum absolute atomic E-state index is 0.114. The number of likely N-dealkylation sites (N-methyl/N-ethyl adjacent to an activating group) is 1. The molecule has 5 rings (SSSR count). The third-order valence-electron chi connectivity index (χ3n) is 6.55. The van der Waals surface area contributed by atoms with Crippen molar-refractivity contribution >= 4 is 16.7 Å². The average molecular weight is 439 g/mol. The Morgan fingerprint density at radius 3 is 2.62 bits per heavy atom. The zero-order valence-corrected chi connectivity index (χ0v) is 18.9. The van der Waals surface area contributed by atoms with Crippen LogP contribution in [0.2, 0.25) is 0 Å². The number of ether oxygens (including phenoxy) is 2. The highest BCUT2D eigenvalue weighted by atomic mass is 16.5. The average Bonchev–Trinajstić information content (AvgIpc) is 3.21. The van der Waals surface area contributed by atoms with Crippen LogP contribution in [0, 0.1) is 6.92 Å². The molecule has 32 heavy (non-hydrogen) atoms. The molecule has 2 aliphatic heterocycles. The Kier molecular flexibility index (Phi) is 5.71. The number of aryl methyl sites for hydroxylation is 1. The molecule has 170 valence electrons. The van der Waals surface area contributed by atoms with Gasteiger partial charge in [0.15, 0.2) is 5.82 Å². The van der Waals surface area contributed by atoms with E-state index in [1.54, 1.807) is 7.11 Å². The fourth-order valence-corrected chi connectivity index (χ4v) is 4.79. The molecule has 1 aromatic carbocycles. The number of anilines is 1. The fraction of sp³-hybridized carbons (Fsp3) is 0.522. The Morgan fingerprint density at radius 1 is 1.09 bits per heavy atom. The summed E-state index contributed by atoms with van der Waals surface area (Å²) in [5.74, 6) is 1.58. The molecular weight excluding hydrogens is 408 g/mol. The molecule has 2 atom stereocenters. The molecule has 0 aliphatic carbocycles. The van der Waals surface area contributed by atoms with E-state index in [-0.39, 0.29) is 12.0 Å². The number of benzene rings is 1. The van der Waals surface area contributed by atoms with Crippen molar-refractivity contribution in [3.63, 3.8) is 0 Å². The number of piperidine rings is 1. The highest BCUT2D eigenvalue weighted by Crippen LogP contribution is 2.33. The second kappa shape index (κ2) is 8.65. The number of β-amino-alcohol motifs (C(OH)–C–C–N with tert-alkyl or cyclic N) is 1. The summed E-state index contributed by atoms with van der Waals surface area (Å²) < 4.78 is 12.7. The first kappa shape index (κ1) is 21.1. The van der Waals surface area contributed by atoms with Crippen molar-refractivity contribution in [2.45, 2.75) is 25.4 Å². The number of morpholine rings is 1. The maximum Gasteiger partial charge on any atom is 0.320 e. The molecule has 0 unspecified atom stereocenters. The van der Waals surface area contributed by atoms with Gasteiger partial charge in [0.1, 0.15) is 5.82 Å². The predicted octanol–water partition coefficient (Wildman–Crippen LogP) is 1.75. The molecule has 0 bridgehead atoms. The number of hydrogen-bond acceptors (Lipinski definition) is 8. The smallest absolute Gasteiger partial charge is 0.320 e. The minimum atomic E-state index is -0.381. The van der Waals surface area contributed by atoms with Gasteiger partial charge in [-0.25, -0.2) is 4.68 Å². The second-order valence-corrected chi connectivity index (χ2v) is 8.72. The highest BCUT2D eigenvalue weighted by Gasteiger charge is 2.29. The van der Waals surface area contributed by atoms with Crippen LogP contribution < -0.4 is 9.64 Å². The van der Waals surface area contributed by atoms with E-state index in [0.29, 0.717) is 31.6 Å². The Bertz CT molecular complexity index is 1110. The molecule has 3 aromatic rings. The number of aromatic nitrogens is 4. The maximum atomic E-state index is 10.8. The standard InChI is InChI=1S/C23H30N6O3/c1-15-10-16-13-24-29(19(16)11-18(15)17-4-5-27(2)14-20(17)30)22-12-21(25-23(26-22)31-3)28-6-8-32-9-7-28/h10-13,17,20,30H,4-9,14H2,1-3H3/t17-,20+/m1/s1. The van der Waals surface area contributed by atoms with E-state index in [0.717, 1.165) is 42.8 Å². The van der Waals surface area contributed by atoms with E-state index < -0.39 is 0 Å². The van der Waals surface area contributed by atoms with Gasteiger partial charge < -0.3 is 24.4 Å². The predicted molar refractivity (Wildman–Crippen MR) is 122 cm³/mol. The number of fused-ring (bicyclic) bond motifs is 1. The summed E-state index contributed by atoms with van der Waals surface area (Å²) in [6, 6.07) is 6.58. The molecule has 0 amide bonds. The van der Waals surface area contributed by atoms with Crippen molar-refractivity contribution < 1.29 is 14.6 Å². The molecule has 9 heteroatoms. The normalized spacial score (nSPS) is 22.4. The number of methoxy groups -OCH3 is 1. The number of aliphatic hydroxyl groups is 1. The molecule has 0 radical (unpaired) electrons. The lowest BCUT2D eigenvalue weighted by Crippen LogP contribution is -2.40. The summed E-state index contributed by atoms with van der Waals surface area (Å²) in [5.41, 5.74) is 3.32. The number of hydrogen-bond donors (Lipinski definition) is 1. The van der Waals surface area contributed by atoms with E-state index in [1.807, 2.05) is 16.9 Å². The van der Waals surface area contributed by atoms with Gasteiger partial charge in [-0.3, -0.25) is 0 Å². The summed E-state index contributed by atoms with van der Waals surface area (Å²) in [4.78, 5) is 13.5. The van der Waals surface area contributed by atoms with Crippen LogP contribution in [0.4, 0.5) is 5.82 Å². The van der Waals surface area contributed by atoms with Crippen LogP contribution in [0.25, 0.3) is 16.7 Å². The van der Waals surface area contributed by atoms with Crippen molar-refractivity contribution in [1.29, 1.82) is 0 Å². The third kappa shape index (κ3) is 3.92. The lowest BCUT2D eigenvalue weighted by atomic mass is 9.84. The van der Waals surface area contributed by atoms with Crippen LogP contribution in [0.5, 0.6) is 6.01 Å². The van der Waals surface area contributed by atoms with E-state index in [2.05, 4.69) is 51.0 Å². The first-order valence-corrected chi connectivity index (χ1v) is 11.1. The fourth-order valence-electron chi connectivity index (χ4n) is 4.79. The van der Waals surface area contributed by atoms with Crippen LogP contribution >= 0.6 is 0 Å². The molecule has 1 N–H and O–H groups in total. The van der Waals surface area contributed by atoms with Crippen LogP contribution in [0.3, 0.4) is 0 Å². The third-order valence-corrected chi connectivity index (χ3v) is 6.55. The van der Waals surface area contributed by atoms with Gasteiger partial charge in [0.25, 0.3) is 0 Å². The first-order chi connectivity index (χ1) is 15.5. The topological polar surface area (TPSA) is 88.8 Å². The lowest BCUT2D eigenvalue weighted by molar-refractivity contribution is 0.0636. The van der Waals surface area contributed by atoms with Crippen LogP contribution in [0.1, 0.15) is 23.5 Å². The van der Waals surface area contributed by atoms with Gasteiger partial charge in [0, 0.05) is 37.0 Å². The summed E-state index contributed by atoms with van der Waals surface area (Å²) in [6.45, 7) is 6.68. The van der Waals surface area contributed by atoms with Gasteiger partial charge in [0.05, 0.1) is 38.1 Å². The molecule has 9 nitrogen and oxygen atoms in total. The van der Waals surface area contributed by atoms with E-state index in [1.165, 1.54) is 11.1 Å². The van der Waals surface area contributed by atoms with Gasteiger partial charge in [-0.1, -0.05) is 0 Å². The number of rotatable bonds is 4. The van der Waals surface area contributed by atoms with Gasteiger partial charge in [-0.15, -0.1) is 0 Å². The quantitative estimate of drug-likeness (QED) is 0.659. The van der Waals surface area contributed by atoms with Crippen molar-refractivity contribution in [3.05, 3.63) is 35.5 Å². The number of likely N-dealkylation sites (tertiary alicyclic amines) is 1. The van der Waals surface area contributed by atoms with Crippen molar-refractivity contribution in [2.75, 3.05) is 58.5 Å². The maximum absolute atomic E-state index is 10.8. The Morgan fingerprint density at radius 2 is 1.88 bits per heavy atom. The van der Waals surface area contributed by atoms with Crippen molar-refractivity contribution in [3.8, 4) is 11.8 Å². The van der Waals surface area contributed by atoms with Crippen LogP contribution in [-0.4, -0.2) is 89.4 Å². The highest BCUT2D eigenvalue weighted by molar-refractivity contribution is 5.82. The minimum Gasteiger partial charge on any atom is -0.467 e. The van der Waals surface area contributed by atoms with Crippen molar-refractivity contribution in [2.24, 2.45) is 0 Å². The molecule has 4 heterocycles. The number of aliphatic hydroxyl groups excluding tert-OH is 1. The molecule has 0 saturated carbocycles. The van der Waals surface area contributed by atoms with Gasteiger partial charge in [0.2, 0.25) is 0 Å². The summed E-state index contributed by atoms with van der Waals surface area (Å²) in [5, 5.41) is 16.4. The summed E-state index contributed by atoms with van der Waals surface area (Å²) >= 11 is 0. The zero-order chi connectivity index (χ0) is 22.2. The second-order valence-electron chi connectivity index (χ2n) is 8.72. The zero-order valence-electron chi connectivity index (χ0n) is 18.9. The van der Waals surface area contributed by atoms with E-state index >= 15 is 0 Å². The number of nitrogens with zero attached hydrogens (tertiary/aromatic N) is 6. The van der Waals surface area contributed by atoms with Gasteiger partial charge in [-0.05, 0) is 50.2 Å². The molecule has 0 spiro atoms. The lowest BCUT2D eigenvalue weighted by Gasteiger charge is -2.34. The molecule has 2 aromatic heterocycles. The van der Waals surface area contributed by atoms with Crippen LogP contribution in [-0.2, 0) is 4.74 Å². The first-order valence-electron chi connectivity index (χ1n) is 11.1. The van der Waals surface area contributed by atoms with E-state index in [9.17, 15) is 5.11 Å².